The van der Waals surface area contributed by atoms with Crippen LogP contribution in [0.4, 0.5) is 0 Å². The van der Waals surface area contributed by atoms with E-state index in [2.05, 4.69) is 35.3 Å². The highest BCUT2D eigenvalue weighted by Crippen LogP contribution is 2.12. The van der Waals surface area contributed by atoms with Gasteiger partial charge in [-0.05, 0) is 36.6 Å². The first-order valence-electron chi connectivity index (χ1n) is 6.60. The quantitative estimate of drug-likeness (QED) is 0.655. The maximum Gasteiger partial charge on any atom is 0.151 e. The Bertz CT molecular complexity index is 579. The number of benzene rings is 1. The molecule has 1 heterocycles. The molecule has 2 rings (SSSR count). The Labute approximate surface area is 124 Å². The topological polar surface area (TPSA) is 62.8 Å². The highest BCUT2D eigenvalue weighted by Gasteiger charge is 2.00. The van der Waals surface area contributed by atoms with Crippen molar-refractivity contribution >= 4 is 16.9 Å². The van der Waals surface area contributed by atoms with Crippen LogP contribution < -0.4 is 5.73 Å². The fraction of sp³-hybridized carbons (Fsp3) is 0.250. The Kier molecular flexibility index (Phi) is 5.18. The fourth-order valence-corrected chi connectivity index (χ4v) is 2.57. The molecule has 1 aromatic heterocycles. The van der Waals surface area contributed by atoms with Gasteiger partial charge in [0.1, 0.15) is 0 Å². The van der Waals surface area contributed by atoms with Gasteiger partial charge in [0.05, 0.1) is 0 Å². The maximum atomic E-state index is 7.17. The van der Waals surface area contributed by atoms with Gasteiger partial charge in [-0.25, -0.2) is 0 Å². The molecular weight excluding hydrogens is 266 g/mol. The molecule has 104 valence electrons. The van der Waals surface area contributed by atoms with Crippen molar-refractivity contribution < 1.29 is 0 Å². The Balaban J connectivity index is 1.93. The number of aromatic nitrogens is 1. The second-order valence-electron chi connectivity index (χ2n) is 4.73. The summed E-state index contributed by atoms with van der Waals surface area (Å²) in [6, 6.07) is 14.7. The Morgan fingerprint density at radius 1 is 1.15 bits per heavy atom. The number of pyridine rings is 1. The molecule has 0 aliphatic heterocycles. The summed E-state index contributed by atoms with van der Waals surface area (Å²) in [4.78, 5) is 4.52. The van der Waals surface area contributed by atoms with Gasteiger partial charge in [-0.3, -0.25) is 10.4 Å². The SMILES string of the molecule is Cc1cccc(Cc2ccc(CCSC(=N)N)cc2)n1. The van der Waals surface area contributed by atoms with Crippen LogP contribution >= 0.6 is 11.8 Å². The number of aryl methyl sites for hydroxylation is 2. The van der Waals surface area contributed by atoms with E-state index < -0.39 is 0 Å². The predicted molar refractivity (Wildman–Crippen MR) is 86.3 cm³/mol. The lowest BCUT2D eigenvalue weighted by Crippen LogP contribution is -2.05. The molecule has 1 aromatic carbocycles. The van der Waals surface area contributed by atoms with Crippen molar-refractivity contribution in [2.24, 2.45) is 5.73 Å². The average Bonchev–Trinajstić information content (AvgIpc) is 2.40. The van der Waals surface area contributed by atoms with Crippen LogP contribution in [0.2, 0.25) is 0 Å². The molecule has 20 heavy (non-hydrogen) atoms. The lowest BCUT2D eigenvalue weighted by atomic mass is 10.1. The van der Waals surface area contributed by atoms with Crippen LogP contribution in [0.25, 0.3) is 0 Å². The highest BCUT2D eigenvalue weighted by molar-refractivity contribution is 8.13. The van der Waals surface area contributed by atoms with Crippen LogP contribution in [0.5, 0.6) is 0 Å². The van der Waals surface area contributed by atoms with E-state index in [0.717, 1.165) is 30.0 Å². The Morgan fingerprint density at radius 2 is 1.85 bits per heavy atom. The van der Waals surface area contributed by atoms with Crippen LogP contribution in [-0.2, 0) is 12.8 Å². The number of nitrogens with two attached hydrogens (primary N) is 1. The van der Waals surface area contributed by atoms with Crippen molar-refractivity contribution in [3.63, 3.8) is 0 Å². The van der Waals surface area contributed by atoms with Gasteiger partial charge in [-0.2, -0.15) is 0 Å². The minimum Gasteiger partial charge on any atom is -0.379 e. The van der Waals surface area contributed by atoms with E-state index in [9.17, 15) is 0 Å². The van der Waals surface area contributed by atoms with Crippen molar-refractivity contribution in [2.45, 2.75) is 19.8 Å². The first kappa shape index (κ1) is 14.6. The van der Waals surface area contributed by atoms with Gasteiger partial charge in [0.2, 0.25) is 0 Å². The number of nitrogens with one attached hydrogen (secondary N) is 1. The Morgan fingerprint density at radius 3 is 2.50 bits per heavy atom. The van der Waals surface area contributed by atoms with Gasteiger partial charge in [0.25, 0.3) is 0 Å². The van der Waals surface area contributed by atoms with Gasteiger partial charge in [-0.15, -0.1) is 0 Å². The Hall–Kier alpha value is -1.81. The number of hydrogen-bond donors (Lipinski definition) is 2. The van der Waals surface area contributed by atoms with Crippen LogP contribution in [-0.4, -0.2) is 15.9 Å². The molecule has 0 bridgehead atoms. The first-order valence-corrected chi connectivity index (χ1v) is 7.59. The number of rotatable bonds is 5. The van der Waals surface area contributed by atoms with E-state index in [1.807, 2.05) is 19.1 Å². The monoisotopic (exact) mass is 285 g/mol. The molecule has 0 unspecified atom stereocenters. The highest BCUT2D eigenvalue weighted by atomic mass is 32.2. The zero-order valence-electron chi connectivity index (χ0n) is 11.6. The molecule has 0 fully saturated rings. The standard InChI is InChI=1S/C16H19N3S/c1-12-3-2-4-15(19-12)11-14-7-5-13(6-8-14)9-10-20-16(17)18/h2-8H,9-11H2,1H3,(H3,17,18). The first-order chi connectivity index (χ1) is 9.63. The molecule has 4 heteroatoms. The minimum absolute atomic E-state index is 0.187. The normalized spacial score (nSPS) is 10.4. The smallest absolute Gasteiger partial charge is 0.151 e. The third-order valence-electron chi connectivity index (χ3n) is 3.00. The lowest BCUT2D eigenvalue weighted by Gasteiger charge is -2.05. The molecular formula is C16H19N3S. The summed E-state index contributed by atoms with van der Waals surface area (Å²) in [5.74, 6) is 0.855. The molecule has 0 amide bonds. The molecule has 0 radical (unpaired) electrons. The summed E-state index contributed by atoms with van der Waals surface area (Å²) in [7, 11) is 0. The fourth-order valence-electron chi connectivity index (χ4n) is 2.01. The molecule has 0 saturated heterocycles. The van der Waals surface area contributed by atoms with Gasteiger partial charge >= 0.3 is 0 Å². The summed E-state index contributed by atoms with van der Waals surface area (Å²) in [6.45, 7) is 2.01. The van der Waals surface area contributed by atoms with E-state index >= 15 is 0 Å². The van der Waals surface area contributed by atoms with Crippen LogP contribution in [0, 0.1) is 12.3 Å². The molecule has 0 atom stereocenters. The summed E-state index contributed by atoms with van der Waals surface area (Å²) in [5, 5.41) is 7.36. The van der Waals surface area contributed by atoms with E-state index in [1.165, 1.54) is 22.9 Å². The average molecular weight is 285 g/mol. The molecule has 3 N–H and O–H groups in total. The zero-order chi connectivity index (χ0) is 14.4. The van der Waals surface area contributed by atoms with E-state index in [4.69, 9.17) is 11.1 Å². The number of amidine groups is 1. The third kappa shape index (κ3) is 4.70. The summed E-state index contributed by atoms with van der Waals surface area (Å²) < 4.78 is 0. The van der Waals surface area contributed by atoms with Crippen LogP contribution in [0.3, 0.4) is 0 Å². The molecule has 0 saturated carbocycles. The summed E-state index contributed by atoms with van der Waals surface area (Å²) in [6.07, 6.45) is 1.80. The largest absolute Gasteiger partial charge is 0.379 e. The number of thioether (sulfide) groups is 1. The lowest BCUT2D eigenvalue weighted by molar-refractivity contribution is 1.03. The predicted octanol–water partition coefficient (Wildman–Crippen LogP) is 3.15. The molecule has 0 spiro atoms. The number of nitrogens with zero attached hydrogens (tertiary/aromatic N) is 1. The van der Waals surface area contributed by atoms with Crippen molar-refractivity contribution in [2.75, 3.05) is 5.75 Å². The van der Waals surface area contributed by atoms with Gasteiger partial charge in [0.15, 0.2) is 5.17 Å². The molecule has 3 nitrogen and oxygen atoms in total. The van der Waals surface area contributed by atoms with Crippen molar-refractivity contribution in [3.05, 3.63) is 65.0 Å². The summed E-state index contributed by atoms with van der Waals surface area (Å²) >= 11 is 1.39. The van der Waals surface area contributed by atoms with Crippen molar-refractivity contribution in [3.8, 4) is 0 Å². The van der Waals surface area contributed by atoms with E-state index in [0.29, 0.717) is 0 Å². The van der Waals surface area contributed by atoms with E-state index in [-0.39, 0.29) is 5.17 Å². The second-order valence-corrected chi connectivity index (χ2v) is 5.86. The maximum absolute atomic E-state index is 7.17. The minimum atomic E-state index is 0.187. The summed E-state index contributed by atoms with van der Waals surface area (Å²) in [5.41, 5.74) is 10.0. The van der Waals surface area contributed by atoms with Gasteiger partial charge in [-0.1, -0.05) is 42.1 Å². The zero-order valence-corrected chi connectivity index (χ0v) is 12.4. The second kappa shape index (κ2) is 7.10. The van der Waals surface area contributed by atoms with Gasteiger partial charge in [0, 0.05) is 23.6 Å². The van der Waals surface area contributed by atoms with Crippen LogP contribution in [0.1, 0.15) is 22.5 Å². The molecule has 0 aliphatic carbocycles. The number of hydrogen-bond acceptors (Lipinski definition) is 3. The van der Waals surface area contributed by atoms with Crippen LogP contribution in [0.15, 0.2) is 42.5 Å². The van der Waals surface area contributed by atoms with Gasteiger partial charge < -0.3 is 5.73 Å². The molecule has 2 aromatic rings. The van der Waals surface area contributed by atoms with Crippen molar-refractivity contribution in [1.82, 2.24) is 4.98 Å². The van der Waals surface area contributed by atoms with E-state index in [1.54, 1.807) is 0 Å². The molecule has 0 aliphatic rings. The third-order valence-corrected chi connectivity index (χ3v) is 3.72. The van der Waals surface area contributed by atoms with Crippen molar-refractivity contribution in [1.29, 1.82) is 5.41 Å².